The van der Waals surface area contributed by atoms with Crippen LogP contribution in [-0.2, 0) is 4.79 Å². The molecule has 0 saturated heterocycles. The van der Waals surface area contributed by atoms with Gasteiger partial charge in [0.1, 0.15) is 0 Å². The smallest absolute Gasteiger partial charge is 0.337 e. The van der Waals surface area contributed by atoms with E-state index in [2.05, 4.69) is 0 Å². The van der Waals surface area contributed by atoms with E-state index < -0.39 is 12.1 Å². The summed E-state index contributed by atoms with van der Waals surface area (Å²) in [6.07, 6.45) is -1.43. The second-order valence-corrected chi connectivity index (χ2v) is 3.33. The predicted molar refractivity (Wildman–Crippen MR) is 58.1 cm³/mol. The highest BCUT2D eigenvalue weighted by Gasteiger charge is 2.21. The minimum atomic E-state index is -1.70. The fourth-order valence-electron chi connectivity index (χ4n) is 1.39. The summed E-state index contributed by atoms with van der Waals surface area (Å²) in [6.45, 7) is 1.68. The van der Waals surface area contributed by atoms with Crippen molar-refractivity contribution in [2.45, 2.75) is 19.4 Å². The summed E-state index contributed by atoms with van der Waals surface area (Å²) in [4.78, 5) is 22.1. The van der Waals surface area contributed by atoms with Crippen LogP contribution in [0.2, 0.25) is 0 Å². The van der Waals surface area contributed by atoms with E-state index in [0.29, 0.717) is 0 Å². The van der Waals surface area contributed by atoms with Crippen molar-refractivity contribution in [2.24, 2.45) is 0 Å². The van der Waals surface area contributed by atoms with Crippen LogP contribution in [0.5, 0.6) is 0 Å². The van der Waals surface area contributed by atoms with Gasteiger partial charge in [-0.25, -0.2) is 4.79 Å². The number of aliphatic hydroxyl groups is 1. The molecule has 16 heavy (non-hydrogen) atoms. The molecule has 1 aromatic carbocycles. The summed E-state index contributed by atoms with van der Waals surface area (Å²) in [5, 5.41) is 18.0. The Morgan fingerprint density at radius 3 is 2.56 bits per heavy atom. The molecule has 0 fully saturated rings. The van der Waals surface area contributed by atoms with Gasteiger partial charge in [-0.15, -0.1) is 0 Å². The van der Waals surface area contributed by atoms with Crippen LogP contribution >= 0.6 is 0 Å². The number of carbonyl (C=O) groups excluding carboxylic acids is 1. The first-order valence-corrected chi connectivity index (χ1v) is 4.81. The summed E-state index contributed by atoms with van der Waals surface area (Å²) >= 11 is 0. The van der Waals surface area contributed by atoms with Gasteiger partial charge in [0.25, 0.3) is 0 Å². The van der Waals surface area contributed by atoms with E-state index in [-0.39, 0.29) is 29.0 Å². The van der Waals surface area contributed by atoms with Crippen molar-refractivity contribution >= 4 is 17.4 Å². The number of ketones is 1. The van der Waals surface area contributed by atoms with E-state index in [1.165, 1.54) is 18.2 Å². The molecule has 0 aromatic heterocycles. The third-order valence-electron chi connectivity index (χ3n) is 2.29. The number of benzene rings is 1. The Morgan fingerprint density at radius 1 is 1.44 bits per heavy atom. The van der Waals surface area contributed by atoms with Gasteiger partial charge < -0.3 is 15.9 Å². The van der Waals surface area contributed by atoms with Crippen LogP contribution in [0.3, 0.4) is 0 Å². The quantitative estimate of drug-likeness (QED) is 0.521. The van der Waals surface area contributed by atoms with E-state index >= 15 is 0 Å². The molecule has 86 valence electrons. The van der Waals surface area contributed by atoms with Gasteiger partial charge in [-0.2, -0.15) is 0 Å². The van der Waals surface area contributed by atoms with Gasteiger partial charge in [-0.05, 0) is 6.07 Å². The number of rotatable bonds is 4. The van der Waals surface area contributed by atoms with Crippen LogP contribution in [0.15, 0.2) is 18.2 Å². The van der Waals surface area contributed by atoms with Gasteiger partial charge >= 0.3 is 5.97 Å². The SMILES string of the molecule is CCC(=O)c1cccc(C(O)C(=O)O)c1N. The van der Waals surface area contributed by atoms with Gasteiger partial charge in [0, 0.05) is 23.2 Å². The van der Waals surface area contributed by atoms with Crippen LogP contribution in [0.1, 0.15) is 35.4 Å². The first-order valence-electron chi connectivity index (χ1n) is 4.81. The standard InChI is InChI=1S/C11H13NO4/c1-2-8(13)6-4-3-5-7(9(6)12)10(14)11(15)16/h3-5,10,14H,2,12H2,1H3,(H,15,16). The largest absolute Gasteiger partial charge is 0.479 e. The highest BCUT2D eigenvalue weighted by atomic mass is 16.4. The van der Waals surface area contributed by atoms with Gasteiger partial charge in [-0.1, -0.05) is 19.1 Å². The number of aliphatic hydroxyl groups excluding tert-OH is 1. The van der Waals surface area contributed by atoms with Crippen LogP contribution < -0.4 is 5.73 Å². The van der Waals surface area contributed by atoms with Crippen LogP contribution in [0, 0.1) is 0 Å². The van der Waals surface area contributed by atoms with E-state index in [0.717, 1.165) is 0 Å². The molecule has 1 atom stereocenters. The Morgan fingerprint density at radius 2 is 2.06 bits per heavy atom. The molecule has 0 saturated carbocycles. The summed E-state index contributed by atoms with van der Waals surface area (Å²) in [6, 6.07) is 4.40. The van der Waals surface area contributed by atoms with Crippen LogP contribution in [-0.4, -0.2) is 22.0 Å². The molecule has 1 unspecified atom stereocenters. The van der Waals surface area contributed by atoms with Crippen molar-refractivity contribution < 1.29 is 19.8 Å². The van der Waals surface area contributed by atoms with E-state index in [1.807, 2.05) is 0 Å². The maximum Gasteiger partial charge on any atom is 0.337 e. The normalized spacial score (nSPS) is 12.1. The Bertz CT molecular complexity index is 428. The monoisotopic (exact) mass is 223 g/mol. The van der Waals surface area contributed by atoms with E-state index in [4.69, 9.17) is 10.8 Å². The second-order valence-electron chi connectivity index (χ2n) is 3.33. The number of carbonyl (C=O) groups is 2. The number of carboxylic acid groups (broad SMARTS) is 1. The van der Waals surface area contributed by atoms with Crippen molar-refractivity contribution in [2.75, 3.05) is 5.73 Å². The van der Waals surface area contributed by atoms with Gasteiger partial charge in [0.15, 0.2) is 11.9 Å². The topological polar surface area (TPSA) is 101 Å². The van der Waals surface area contributed by atoms with E-state index in [1.54, 1.807) is 6.92 Å². The van der Waals surface area contributed by atoms with E-state index in [9.17, 15) is 14.7 Å². The number of nitrogen functional groups attached to an aromatic ring is 1. The summed E-state index contributed by atoms with van der Waals surface area (Å²) in [5.41, 5.74) is 5.98. The molecule has 0 aliphatic rings. The summed E-state index contributed by atoms with van der Waals surface area (Å²) in [7, 11) is 0. The molecule has 0 bridgehead atoms. The maximum absolute atomic E-state index is 11.5. The molecule has 1 aromatic rings. The summed E-state index contributed by atoms with van der Waals surface area (Å²) in [5.74, 6) is -1.58. The lowest BCUT2D eigenvalue weighted by molar-refractivity contribution is -0.146. The average molecular weight is 223 g/mol. The minimum absolute atomic E-state index is 0.0317. The van der Waals surface area contributed by atoms with Crippen molar-refractivity contribution in [3.63, 3.8) is 0 Å². The molecule has 0 aliphatic carbocycles. The number of nitrogens with two attached hydrogens (primary N) is 1. The highest BCUT2D eigenvalue weighted by molar-refractivity contribution is 6.01. The second kappa shape index (κ2) is 4.76. The molecule has 4 N–H and O–H groups in total. The molecule has 1 rings (SSSR count). The highest BCUT2D eigenvalue weighted by Crippen LogP contribution is 2.25. The minimum Gasteiger partial charge on any atom is -0.479 e. The van der Waals surface area contributed by atoms with Gasteiger partial charge in [-0.3, -0.25) is 4.79 Å². The van der Waals surface area contributed by atoms with Crippen molar-refractivity contribution in [1.29, 1.82) is 0 Å². The Kier molecular flexibility index (Phi) is 3.63. The number of hydrogen-bond donors (Lipinski definition) is 3. The molecule has 0 heterocycles. The average Bonchev–Trinajstić information content (AvgIpc) is 2.27. The molecular formula is C11H13NO4. The van der Waals surface area contributed by atoms with Gasteiger partial charge in [0.05, 0.1) is 0 Å². The lowest BCUT2D eigenvalue weighted by Gasteiger charge is -2.12. The Balaban J connectivity index is 3.23. The Labute approximate surface area is 92.5 Å². The first kappa shape index (κ1) is 12.2. The maximum atomic E-state index is 11.5. The molecule has 0 aliphatic heterocycles. The lowest BCUT2D eigenvalue weighted by Crippen LogP contribution is -2.14. The molecule has 0 amide bonds. The molecular weight excluding hydrogens is 210 g/mol. The zero-order valence-electron chi connectivity index (χ0n) is 8.80. The number of anilines is 1. The number of carboxylic acids is 1. The van der Waals surface area contributed by atoms with Gasteiger partial charge in [0.2, 0.25) is 0 Å². The van der Waals surface area contributed by atoms with Crippen molar-refractivity contribution in [1.82, 2.24) is 0 Å². The molecule has 5 heteroatoms. The molecule has 0 spiro atoms. The van der Waals surface area contributed by atoms with Crippen molar-refractivity contribution in [3.8, 4) is 0 Å². The molecule has 5 nitrogen and oxygen atoms in total. The number of Topliss-reactive ketones (excluding diaryl/α,β-unsaturated/α-hetero) is 1. The zero-order valence-corrected chi connectivity index (χ0v) is 8.80. The van der Waals surface area contributed by atoms with Crippen LogP contribution in [0.4, 0.5) is 5.69 Å². The zero-order chi connectivity index (χ0) is 12.3. The third kappa shape index (κ3) is 2.20. The van der Waals surface area contributed by atoms with Crippen LogP contribution in [0.25, 0.3) is 0 Å². The fourth-order valence-corrected chi connectivity index (χ4v) is 1.39. The number of para-hydroxylation sites is 1. The van der Waals surface area contributed by atoms with Crippen molar-refractivity contribution in [3.05, 3.63) is 29.3 Å². The number of hydrogen-bond acceptors (Lipinski definition) is 4. The first-order chi connectivity index (χ1) is 7.49. The predicted octanol–water partition coefficient (Wildman–Crippen LogP) is 0.980. The number of aliphatic carboxylic acids is 1. The summed E-state index contributed by atoms with van der Waals surface area (Å²) < 4.78 is 0. The third-order valence-corrected chi connectivity index (χ3v) is 2.29. The fraction of sp³-hybridized carbons (Fsp3) is 0.273. The Hall–Kier alpha value is -1.88. The lowest BCUT2D eigenvalue weighted by atomic mass is 9.99. The molecule has 0 radical (unpaired) electrons.